The van der Waals surface area contributed by atoms with Gasteiger partial charge < -0.3 is 5.32 Å². The molecular formula is C16H11F2N3O. The van der Waals surface area contributed by atoms with E-state index in [1.54, 1.807) is 12.1 Å². The van der Waals surface area contributed by atoms with E-state index < -0.39 is 0 Å². The highest BCUT2D eigenvalue weighted by molar-refractivity contribution is 6.07. The molecule has 0 unspecified atom stereocenters. The Hall–Kier alpha value is -3.02. The van der Waals surface area contributed by atoms with Crippen molar-refractivity contribution in [2.75, 3.05) is 5.32 Å². The minimum absolute atomic E-state index is 0.316. The van der Waals surface area contributed by atoms with E-state index in [1.165, 1.54) is 42.6 Å². The number of benzene rings is 2. The van der Waals surface area contributed by atoms with Crippen molar-refractivity contribution in [3.05, 3.63) is 71.9 Å². The van der Waals surface area contributed by atoms with Gasteiger partial charge in [-0.25, -0.2) is 8.78 Å². The maximum atomic E-state index is 13.0. The minimum Gasteiger partial charge on any atom is -0.322 e. The lowest BCUT2D eigenvalue weighted by molar-refractivity contribution is 0.102. The first kappa shape index (κ1) is 13.9. The van der Waals surface area contributed by atoms with Crippen LogP contribution in [0.2, 0.25) is 0 Å². The van der Waals surface area contributed by atoms with Gasteiger partial charge in [-0.05, 0) is 48.5 Å². The average Bonchev–Trinajstić information content (AvgIpc) is 3.00. The Bertz CT molecular complexity index is 795. The van der Waals surface area contributed by atoms with Gasteiger partial charge in [-0.15, -0.1) is 0 Å². The Balaban J connectivity index is 1.86. The molecule has 2 N–H and O–H groups in total. The number of H-pyrrole nitrogens is 1. The molecule has 110 valence electrons. The van der Waals surface area contributed by atoms with Gasteiger partial charge in [0.1, 0.15) is 11.6 Å². The SMILES string of the molecule is O=C(Nc1ccc(F)cc1)c1cn[nH]c1-c1ccc(F)cc1. The summed E-state index contributed by atoms with van der Waals surface area (Å²) in [4.78, 5) is 12.3. The van der Waals surface area contributed by atoms with Crippen LogP contribution in [0.3, 0.4) is 0 Å². The van der Waals surface area contributed by atoms with Crippen molar-refractivity contribution < 1.29 is 13.6 Å². The predicted octanol–water partition coefficient (Wildman–Crippen LogP) is 3.61. The molecule has 0 atom stereocenters. The first-order chi connectivity index (χ1) is 10.6. The molecule has 0 fully saturated rings. The lowest BCUT2D eigenvalue weighted by Gasteiger charge is -2.06. The molecule has 1 amide bonds. The van der Waals surface area contributed by atoms with E-state index in [0.29, 0.717) is 22.5 Å². The first-order valence-corrected chi connectivity index (χ1v) is 6.50. The van der Waals surface area contributed by atoms with E-state index in [2.05, 4.69) is 15.5 Å². The molecule has 0 spiro atoms. The number of nitrogens with zero attached hydrogens (tertiary/aromatic N) is 1. The summed E-state index contributed by atoms with van der Waals surface area (Å²) in [5.41, 5.74) is 1.91. The summed E-state index contributed by atoms with van der Waals surface area (Å²) < 4.78 is 25.8. The molecule has 3 aromatic rings. The second kappa shape index (κ2) is 5.77. The van der Waals surface area contributed by atoms with Crippen molar-refractivity contribution in [2.24, 2.45) is 0 Å². The Morgan fingerprint density at radius 3 is 2.18 bits per heavy atom. The highest BCUT2D eigenvalue weighted by atomic mass is 19.1. The van der Waals surface area contributed by atoms with Gasteiger partial charge in [-0.2, -0.15) is 5.10 Å². The molecule has 0 saturated carbocycles. The summed E-state index contributed by atoms with van der Waals surface area (Å²) in [5, 5.41) is 9.24. The number of carbonyl (C=O) groups excluding carboxylic acids is 1. The lowest BCUT2D eigenvalue weighted by Crippen LogP contribution is -2.12. The van der Waals surface area contributed by atoms with Crippen molar-refractivity contribution in [2.45, 2.75) is 0 Å². The van der Waals surface area contributed by atoms with Crippen LogP contribution >= 0.6 is 0 Å². The van der Waals surface area contributed by atoms with Crippen molar-refractivity contribution >= 4 is 11.6 Å². The third kappa shape index (κ3) is 2.85. The van der Waals surface area contributed by atoms with Crippen LogP contribution in [0.15, 0.2) is 54.7 Å². The van der Waals surface area contributed by atoms with Crippen LogP contribution in [0.5, 0.6) is 0 Å². The second-order valence-electron chi connectivity index (χ2n) is 4.63. The van der Waals surface area contributed by atoms with Crippen LogP contribution in [-0.2, 0) is 0 Å². The van der Waals surface area contributed by atoms with Gasteiger partial charge in [0.2, 0.25) is 0 Å². The maximum absolute atomic E-state index is 13.0. The molecule has 4 nitrogen and oxygen atoms in total. The van der Waals surface area contributed by atoms with Crippen LogP contribution in [0.4, 0.5) is 14.5 Å². The fourth-order valence-corrected chi connectivity index (χ4v) is 2.03. The molecule has 0 radical (unpaired) electrons. The van der Waals surface area contributed by atoms with E-state index in [4.69, 9.17) is 0 Å². The van der Waals surface area contributed by atoms with Gasteiger partial charge in [0, 0.05) is 11.3 Å². The summed E-state index contributed by atoms with van der Waals surface area (Å²) in [7, 11) is 0. The summed E-state index contributed by atoms with van der Waals surface area (Å²) in [6.45, 7) is 0. The quantitative estimate of drug-likeness (QED) is 0.776. The van der Waals surface area contributed by atoms with Crippen molar-refractivity contribution in [3.63, 3.8) is 0 Å². The fourth-order valence-electron chi connectivity index (χ4n) is 2.03. The second-order valence-corrected chi connectivity index (χ2v) is 4.63. The van der Waals surface area contributed by atoms with E-state index in [1.807, 2.05) is 0 Å². The largest absolute Gasteiger partial charge is 0.322 e. The number of hydrogen-bond donors (Lipinski definition) is 2. The third-order valence-corrected chi connectivity index (χ3v) is 3.12. The normalized spacial score (nSPS) is 10.5. The Labute approximate surface area is 124 Å². The summed E-state index contributed by atoms with van der Waals surface area (Å²) in [6, 6.07) is 11.2. The van der Waals surface area contributed by atoms with Crippen molar-refractivity contribution in [3.8, 4) is 11.3 Å². The Morgan fingerprint density at radius 1 is 0.955 bits per heavy atom. The number of aromatic amines is 1. The van der Waals surface area contributed by atoms with Crippen LogP contribution < -0.4 is 5.32 Å². The molecule has 1 heterocycles. The van der Waals surface area contributed by atoms with E-state index in [-0.39, 0.29) is 17.5 Å². The van der Waals surface area contributed by atoms with Crippen LogP contribution in [0, 0.1) is 11.6 Å². The van der Waals surface area contributed by atoms with Crippen LogP contribution in [0.1, 0.15) is 10.4 Å². The number of aromatic nitrogens is 2. The maximum Gasteiger partial charge on any atom is 0.259 e. The van der Waals surface area contributed by atoms with E-state index in [9.17, 15) is 13.6 Å². The van der Waals surface area contributed by atoms with Gasteiger partial charge >= 0.3 is 0 Å². The summed E-state index contributed by atoms with van der Waals surface area (Å²) in [5.74, 6) is -1.13. The zero-order valence-electron chi connectivity index (χ0n) is 11.3. The van der Waals surface area contributed by atoms with E-state index >= 15 is 0 Å². The minimum atomic E-state index is -0.389. The zero-order valence-corrected chi connectivity index (χ0v) is 11.3. The number of amides is 1. The third-order valence-electron chi connectivity index (χ3n) is 3.12. The highest BCUT2D eigenvalue weighted by Crippen LogP contribution is 2.22. The van der Waals surface area contributed by atoms with Crippen molar-refractivity contribution in [1.29, 1.82) is 0 Å². The number of halogens is 2. The molecule has 22 heavy (non-hydrogen) atoms. The smallest absolute Gasteiger partial charge is 0.259 e. The Kier molecular flexibility index (Phi) is 3.65. The molecular weight excluding hydrogens is 288 g/mol. The number of rotatable bonds is 3. The molecule has 0 aliphatic carbocycles. The highest BCUT2D eigenvalue weighted by Gasteiger charge is 2.15. The topological polar surface area (TPSA) is 57.8 Å². The van der Waals surface area contributed by atoms with Gasteiger partial charge in [0.25, 0.3) is 5.91 Å². The zero-order chi connectivity index (χ0) is 15.5. The van der Waals surface area contributed by atoms with Gasteiger partial charge in [0.15, 0.2) is 0 Å². The van der Waals surface area contributed by atoms with Crippen LogP contribution in [0.25, 0.3) is 11.3 Å². The van der Waals surface area contributed by atoms with Gasteiger partial charge in [-0.1, -0.05) is 0 Å². The molecule has 0 aliphatic heterocycles. The first-order valence-electron chi connectivity index (χ1n) is 6.50. The monoisotopic (exact) mass is 299 g/mol. The summed E-state index contributed by atoms with van der Waals surface area (Å²) in [6.07, 6.45) is 1.39. The van der Waals surface area contributed by atoms with Crippen molar-refractivity contribution in [1.82, 2.24) is 10.2 Å². The fraction of sp³-hybridized carbons (Fsp3) is 0. The van der Waals surface area contributed by atoms with Gasteiger partial charge in [0.05, 0.1) is 17.5 Å². The molecule has 0 bridgehead atoms. The number of nitrogens with one attached hydrogen (secondary N) is 2. The molecule has 3 rings (SSSR count). The molecule has 2 aromatic carbocycles. The molecule has 0 aliphatic rings. The average molecular weight is 299 g/mol. The number of anilines is 1. The lowest BCUT2D eigenvalue weighted by atomic mass is 10.1. The molecule has 1 aromatic heterocycles. The van der Waals surface area contributed by atoms with Gasteiger partial charge in [-0.3, -0.25) is 9.89 Å². The molecule has 0 saturated heterocycles. The van der Waals surface area contributed by atoms with Crippen LogP contribution in [-0.4, -0.2) is 16.1 Å². The standard InChI is InChI=1S/C16H11F2N3O/c17-11-3-1-10(2-4-11)15-14(9-19-21-15)16(22)20-13-7-5-12(18)6-8-13/h1-9H,(H,19,21)(H,20,22). The molecule has 6 heteroatoms. The number of carbonyl (C=O) groups is 1. The number of hydrogen-bond acceptors (Lipinski definition) is 2. The summed E-state index contributed by atoms with van der Waals surface area (Å²) >= 11 is 0. The van der Waals surface area contributed by atoms with E-state index in [0.717, 1.165) is 0 Å². The predicted molar refractivity (Wildman–Crippen MR) is 78.3 cm³/mol. The Morgan fingerprint density at radius 2 is 1.55 bits per heavy atom.